The lowest BCUT2D eigenvalue weighted by molar-refractivity contribution is 0.0103. The quantitative estimate of drug-likeness (QED) is 0.527. The minimum absolute atomic E-state index is 0.0551. The van der Waals surface area contributed by atoms with E-state index >= 15 is 0 Å². The first-order chi connectivity index (χ1) is 13.0. The molecule has 0 saturated heterocycles. The molecule has 4 aliphatic carbocycles. The van der Waals surface area contributed by atoms with Gasteiger partial charge in [0.05, 0.1) is 6.61 Å². The molecule has 0 radical (unpaired) electrons. The zero-order chi connectivity index (χ0) is 18.9. The van der Waals surface area contributed by atoms with Gasteiger partial charge < -0.3 is 21.1 Å². The van der Waals surface area contributed by atoms with Crippen molar-refractivity contribution < 1.29 is 5.11 Å². The highest BCUT2D eigenvalue weighted by molar-refractivity contribution is 5.44. The second-order valence-electron chi connectivity index (χ2n) is 9.39. The van der Waals surface area contributed by atoms with Crippen molar-refractivity contribution in [2.24, 2.45) is 23.7 Å². The first-order valence-corrected chi connectivity index (χ1v) is 10.7. The molecule has 7 nitrogen and oxygen atoms in total. The number of aromatic nitrogens is 3. The molecule has 0 aliphatic heterocycles. The molecule has 0 amide bonds. The topological polar surface area (TPSA) is 95.0 Å². The van der Waals surface area contributed by atoms with Crippen molar-refractivity contribution in [2.75, 3.05) is 35.6 Å². The van der Waals surface area contributed by atoms with Crippen molar-refractivity contribution in [2.45, 2.75) is 64.3 Å². The van der Waals surface area contributed by atoms with Crippen molar-refractivity contribution in [1.82, 2.24) is 15.0 Å². The van der Waals surface area contributed by atoms with E-state index in [0.29, 0.717) is 30.3 Å². The van der Waals surface area contributed by atoms with Gasteiger partial charge in [-0.05, 0) is 68.6 Å². The standard InChI is InChI=1S/C20H34N6O/c1-13(2)3-4-21-17-23-18(22-5-6-27)25-19(24-17)26-20-10-14-7-15(11-20)9-16(8-14)12-20/h13-16,27H,3-12H2,1-2H3,(H3,21,22,23,24,25,26). The monoisotopic (exact) mass is 374 g/mol. The number of aliphatic hydroxyl groups excluding tert-OH is 1. The van der Waals surface area contributed by atoms with Crippen LogP contribution in [-0.4, -0.2) is 45.3 Å². The van der Waals surface area contributed by atoms with Gasteiger partial charge in [0.1, 0.15) is 0 Å². The molecular weight excluding hydrogens is 340 g/mol. The Bertz CT molecular complexity index is 614. The Hall–Kier alpha value is -1.63. The number of nitrogens with one attached hydrogen (secondary N) is 3. The Morgan fingerprint density at radius 3 is 1.93 bits per heavy atom. The number of aliphatic hydroxyl groups is 1. The van der Waals surface area contributed by atoms with E-state index in [1.807, 2.05) is 0 Å². The maximum Gasteiger partial charge on any atom is 0.229 e. The van der Waals surface area contributed by atoms with Gasteiger partial charge in [-0.1, -0.05) is 13.8 Å². The van der Waals surface area contributed by atoms with Crippen molar-refractivity contribution >= 4 is 17.8 Å². The molecule has 0 spiro atoms. The summed E-state index contributed by atoms with van der Waals surface area (Å²) in [6.45, 7) is 5.76. The average molecular weight is 375 g/mol. The van der Waals surface area contributed by atoms with Gasteiger partial charge in [0.2, 0.25) is 17.8 Å². The molecule has 27 heavy (non-hydrogen) atoms. The van der Waals surface area contributed by atoms with E-state index in [9.17, 15) is 0 Å². The van der Waals surface area contributed by atoms with Gasteiger partial charge in [-0.3, -0.25) is 0 Å². The van der Waals surface area contributed by atoms with Crippen LogP contribution in [0.4, 0.5) is 17.8 Å². The van der Waals surface area contributed by atoms with Crippen molar-refractivity contribution in [3.63, 3.8) is 0 Å². The van der Waals surface area contributed by atoms with Crippen molar-refractivity contribution in [3.05, 3.63) is 0 Å². The van der Waals surface area contributed by atoms with Crippen LogP contribution < -0.4 is 16.0 Å². The molecule has 0 atom stereocenters. The second kappa shape index (κ2) is 7.78. The van der Waals surface area contributed by atoms with E-state index in [4.69, 9.17) is 5.11 Å². The van der Waals surface area contributed by atoms with E-state index < -0.39 is 0 Å². The number of hydrogen-bond acceptors (Lipinski definition) is 7. The molecule has 4 aliphatic rings. The molecule has 1 aromatic heterocycles. The van der Waals surface area contributed by atoms with Crippen LogP contribution in [0.15, 0.2) is 0 Å². The minimum Gasteiger partial charge on any atom is -0.395 e. The Morgan fingerprint density at radius 2 is 1.41 bits per heavy atom. The molecule has 5 rings (SSSR count). The predicted molar refractivity (Wildman–Crippen MR) is 108 cm³/mol. The molecule has 4 bridgehead atoms. The van der Waals surface area contributed by atoms with Crippen LogP contribution >= 0.6 is 0 Å². The van der Waals surface area contributed by atoms with Crippen LogP contribution in [0.2, 0.25) is 0 Å². The summed E-state index contributed by atoms with van der Waals surface area (Å²) in [5, 5.41) is 19.3. The van der Waals surface area contributed by atoms with Gasteiger partial charge in [0, 0.05) is 18.6 Å². The molecule has 0 aromatic carbocycles. The van der Waals surface area contributed by atoms with Crippen LogP contribution in [0, 0.1) is 23.7 Å². The van der Waals surface area contributed by atoms with Crippen LogP contribution in [-0.2, 0) is 0 Å². The molecule has 4 saturated carbocycles. The summed E-state index contributed by atoms with van der Waals surface area (Å²) in [6, 6.07) is 0. The first-order valence-electron chi connectivity index (χ1n) is 10.7. The first kappa shape index (κ1) is 18.7. The SMILES string of the molecule is CC(C)CCNc1nc(NCCO)nc(NC23CC4CC(CC(C4)C2)C3)n1. The van der Waals surface area contributed by atoms with E-state index in [2.05, 4.69) is 44.7 Å². The normalized spacial score (nSPS) is 31.3. The summed E-state index contributed by atoms with van der Waals surface area (Å²) < 4.78 is 0. The van der Waals surface area contributed by atoms with E-state index in [1.54, 1.807) is 0 Å². The molecular formula is C20H34N6O. The van der Waals surface area contributed by atoms with E-state index in [0.717, 1.165) is 30.7 Å². The second-order valence-corrected chi connectivity index (χ2v) is 9.39. The van der Waals surface area contributed by atoms with Gasteiger partial charge in [-0.15, -0.1) is 0 Å². The van der Waals surface area contributed by atoms with Gasteiger partial charge >= 0.3 is 0 Å². The summed E-state index contributed by atoms with van der Waals surface area (Å²) in [5.74, 6) is 5.07. The Morgan fingerprint density at radius 1 is 0.889 bits per heavy atom. The fourth-order valence-corrected chi connectivity index (χ4v) is 5.73. The predicted octanol–water partition coefficient (Wildman–Crippen LogP) is 3.11. The lowest BCUT2D eigenvalue weighted by atomic mass is 9.53. The van der Waals surface area contributed by atoms with Gasteiger partial charge in [-0.25, -0.2) is 0 Å². The van der Waals surface area contributed by atoms with Crippen molar-refractivity contribution in [3.8, 4) is 0 Å². The number of nitrogens with zero attached hydrogens (tertiary/aromatic N) is 3. The molecule has 1 heterocycles. The lowest BCUT2D eigenvalue weighted by Gasteiger charge is -2.56. The Labute approximate surface area is 162 Å². The van der Waals surface area contributed by atoms with Crippen LogP contribution in [0.5, 0.6) is 0 Å². The fraction of sp³-hybridized carbons (Fsp3) is 0.850. The molecule has 7 heteroatoms. The summed E-state index contributed by atoms with van der Waals surface area (Å²) in [4.78, 5) is 13.7. The molecule has 4 fully saturated rings. The van der Waals surface area contributed by atoms with Crippen LogP contribution in [0.25, 0.3) is 0 Å². The number of rotatable bonds is 9. The highest BCUT2D eigenvalue weighted by Gasteiger charge is 2.51. The Balaban J connectivity index is 1.50. The lowest BCUT2D eigenvalue weighted by Crippen LogP contribution is -2.55. The van der Waals surface area contributed by atoms with E-state index in [1.165, 1.54) is 38.5 Å². The third-order valence-electron chi connectivity index (χ3n) is 6.45. The van der Waals surface area contributed by atoms with Crippen LogP contribution in [0.1, 0.15) is 58.8 Å². The largest absolute Gasteiger partial charge is 0.395 e. The van der Waals surface area contributed by atoms with Crippen molar-refractivity contribution in [1.29, 1.82) is 0 Å². The molecule has 4 N–H and O–H groups in total. The van der Waals surface area contributed by atoms with Gasteiger partial charge in [-0.2, -0.15) is 15.0 Å². The van der Waals surface area contributed by atoms with Gasteiger partial charge in [0.15, 0.2) is 0 Å². The highest BCUT2D eigenvalue weighted by Crippen LogP contribution is 2.56. The number of hydrogen-bond donors (Lipinski definition) is 4. The molecule has 0 unspecified atom stereocenters. The smallest absolute Gasteiger partial charge is 0.229 e. The zero-order valence-electron chi connectivity index (χ0n) is 16.7. The number of anilines is 3. The molecule has 1 aromatic rings. The summed E-state index contributed by atoms with van der Waals surface area (Å²) in [7, 11) is 0. The van der Waals surface area contributed by atoms with Crippen LogP contribution in [0.3, 0.4) is 0 Å². The summed E-state index contributed by atoms with van der Waals surface area (Å²) in [6.07, 6.45) is 9.08. The minimum atomic E-state index is 0.0551. The average Bonchev–Trinajstić information content (AvgIpc) is 2.58. The zero-order valence-corrected chi connectivity index (χ0v) is 16.7. The highest BCUT2D eigenvalue weighted by atomic mass is 16.3. The fourth-order valence-electron chi connectivity index (χ4n) is 5.73. The third kappa shape index (κ3) is 4.45. The van der Waals surface area contributed by atoms with E-state index in [-0.39, 0.29) is 12.1 Å². The summed E-state index contributed by atoms with van der Waals surface area (Å²) >= 11 is 0. The maximum absolute atomic E-state index is 9.11. The third-order valence-corrected chi connectivity index (χ3v) is 6.45. The molecule has 150 valence electrons. The Kier molecular flexibility index (Phi) is 5.39. The summed E-state index contributed by atoms with van der Waals surface area (Å²) in [5.41, 5.74) is 0.166. The maximum atomic E-state index is 9.11. The van der Waals surface area contributed by atoms with Gasteiger partial charge in [0.25, 0.3) is 0 Å².